The molecule has 1 amide bonds. The minimum atomic E-state index is -0.258. The zero-order valence-corrected chi connectivity index (χ0v) is 18.7. The molecule has 0 atom stereocenters. The topological polar surface area (TPSA) is 69.7 Å². The van der Waals surface area contributed by atoms with E-state index in [0.717, 1.165) is 22.6 Å². The molecule has 1 aromatic heterocycles. The number of nitrogens with zero attached hydrogens (tertiary/aromatic N) is 1. The summed E-state index contributed by atoms with van der Waals surface area (Å²) in [5, 5.41) is 5.24. The van der Waals surface area contributed by atoms with E-state index in [4.69, 9.17) is 14.2 Å². The zero-order valence-electron chi connectivity index (χ0n) is 17.9. The Bertz CT molecular complexity index is 1050. The van der Waals surface area contributed by atoms with Crippen LogP contribution < -0.4 is 19.5 Å². The molecule has 1 heterocycles. The van der Waals surface area contributed by atoms with Crippen LogP contribution in [0.3, 0.4) is 0 Å². The molecule has 7 heteroatoms. The second-order valence-corrected chi connectivity index (χ2v) is 7.22. The van der Waals surface area contributed by atoms with Gasteiger partial charge >= 0.3 is 0 Å². The summed E-state index contributed by atoms with van der Waals surface area (Å²) in [7, 11) is 0. The molecule has 6 nitrogen and oxygen atoms in total. The van der Waals surface area contributed by atoms with Crippen LogP contribution in [-0.2, 0) is 4.79 Å². The summed E-state index contributed by atoms with van der Waals surface area (Å²) in [4.78, 5) is 16.9. The number of rotatable bonds is 10. The fourth-order valence-electron chi connectivity index (χ4n) is 2.90. The predicted octanol–water partition coefficient (Wildman–Crippen LogP) is 5.66. The molecule has 0 bridgehead atoms. The molecule has 0 aliphatic rings. The maximum absolute atomic E-state index is 12.4. The number of anilines is 1. The molecule has 0 radical (unpaired) electrons. The largest absolute Gasteiger partial charge is 0.493 e. The van der Waals surface area contributed by atoms with Gasteiger partial charge < -0.3 is 14.2 Å². The van der Waals surface area contributed by atoms with Crippen molar-refractivity contribution in [3.05, 3.63) is 59.5 Å². The van der Waals surface area contributed by atoms with E-state index in [0.29, 0.717) is 36.5 Å². The molecule has 0 aliphatic carbocycles. The molecule has 3 aromatic rings. The number of carbonyl (C=O) groups is 1. The first-order valence-corrected chi connectivity index (χ1v) is 11.1. The van der Waals surface area contributed by atoms with Crippen molar-refractivity contribution in [2.24, 2.45) is 0 Å². The van der Waals surface area contributed by atoms with Gasteiger partial charge in [-0.1, -0.05) is 18.2 Å². The van der Waals surface area contributed by atoms with Crippen LogP contribution >= 0.6 is 11.3 Å². The third kappa shape index (κ3) is 6.08. The van der Waals surface area contributed by atoms with Gasteiger partial charge in [0, 0.05) is 17.0 Å². The summed E-state index contributed by atoms with van der Waals surface area (Å²) < 4.78 is 16.9. The maximum atomic E-state index is 12.4. The molecule has 2 aromatic carbocycles. The summed E-state index contributed by atoms with van der Waals surface area (Å²) in [5.74, 6) is 1.86. The Labute approximate surface area is 186 Å². The maximum Gasteiger partial charge on any atom is 0.250 e. The van der Waals surface area contributed by atoms with Crippen molar-refractivity contribution in [1.29, 1.82) is 0 Å². The highest BCUT2D eigenvalue weighted by molar-refractivity contribution is 7.14. The number of hydrogen-bond acceptors (Lipinski definition) is 6. The Hall–Kier alpha value is -3.32. The van der Waals surface area contributed by atoms with Gasteiger partial charge in [0.1, 0.15) is 5.75 Å². The van der Waals surface area contributed by atoms with Crippen LogP contribution in [0, 0.1) is 0 Å². The molecule has 0 aliphatic heterocycles. The highest BCUT2D eigenvalue weighted by Gasteiger charge is 2.11. The lowest BCUT2D eigenvalue weighted by Crippen LogP contribution is -2.07. The number of nitrogens with one attached hydrogen (secondary N) is 1. The van der Waals surface area contributed by atoms with Crippen LogP contribution in [0.1, 0.15) is 26.3 Å². The van der Waals surface area contributed by atoms with E-state index in [1.807, 2.05) is 68.6 Å². The molecule has 0 fully saturated rings. The summed E-state index contributed by atoms with van der Waals surface area (Å²) in [6.45, 7) is 7.45. The number of ether oxygens (including phenoxy) is 3. The summed E-state index contributed by atoms with van der Waals surface area (Å²) >= 11 is 1.37. The molecule has 162 valence electrons. The van der Waals surface area contributed by atoms with Crippen molar-refractivity contribution in [2.45, 2.75) is 20.8 Å². The number of carbonyl (C=O) groups excluding carboxylic acids is 1. The molecule has 1 N–H and O–H groups in total. The molecular formula is C24H26N2O4S. The normalized spacial score (nSPS) is 10.8. The van der Waals surface area contributed by atoms with E-state index < -0.39 is 0 Å². The summed E-state index contributed by atoms with van der Waals surface area (Å²) in [6.07, 6.45) is 3.20. The number of amides is 1. The average molecular weight is 439 g/mol. The Balaban J connectivity index is 1.68. The molecule has 0 saturated carbocycles. The van der Waals surface area contributed by atoms with E-state index in [1.165, 1.54) is 17.4 Å². The molecule has 3 rings (SSSR count). The van der Waals surface area contributed by atoms with Crippen LogP contribution in [0.25, 0.3) is 17.3 Å². The van der Waals surface area contributed by atoms with E-state index in [2.05, 4.69) is 10.3 Å². The van der Waals surface area contributed by atoms with E-state index >= 15 is 0 Å². The number of aromatic nitrogens is 1. The van der Waals surface area contributed by atoms with Gasteiger partial charge in [-0.15, -0.1) is 11.3 Å². The summed E-state index contributed by atoms with van der Waals surface area (Å²) in [6, 6.07) is 13.3. The second kappa shape index (κ2) is 11.2. The van der Waals surface area contributed by atoms with Gasteiger partial charge in [-0.2, -0.15) is 0 Å². The Morgan fingerprint density at radius 2 is 1.68 bits per heavy atom. The van der Waals surface area contributed by atoms with E-state index in [9.17, 15) is 4.79 Å². The van der Waals surface area contributed by atoms with E-state index in [1.54, 1.807) is 6.08 Å². The van der Waals surface area contributed by atoms with Crippen LogP contribution in [-0.4, -0.2) is 30.7 Å². The molecule has 0 saturated heterocycles. The molecule has 31 heavy (non-hydrogen) atoms. The van der Waals surface area contributed by atoms with E-state index in [-0.39, 0.29) is 5.91 Å². The second-order valence-electron chi connectivity index (χ2n) is 6.36. The lowest BCUT2D eigenvalue weighted by molar-refractivity contribution is -0.111. The Morgan fingerprint density at radius 3 is 2.45 bits per heavy atom. The fraction of sp³-hybridized carbons (Fsp3) is 0.250. The predicted molar refractivity (Wildman–Crippen MR) is 125 cm³/mol. The van der Waals surface area contributed by atoms with Crippen LogP contribution in [0.4, 0.5) is 5.13 Å². The van der Waals surface area contributed by atoms with Crippen molar-refractivity contribution < 1.29 is 19.0 Å². The van der Waals surface area contributed by atoms with Gasteiger partial charge in [-0.3, -0.25) is 10.1 Å². The highest BCUT2D eigenvalue weighted by Crippen LogP contribution is 2.32. The number of para-hydroxylation sites is 1. The molecule has 0 unspecified atom stereocenters. The van der Waals surface area contributed by atoms with Crippen LogP contribution in [0.5, 0.6) is 17.2 Å². The van der Waals surface area contributed by atoms with Gasteiger partial charge in [0.05, 0.1) is 25.5 Å². The standard InChI is InChI=1S/C24H26N2O4S/c1-4-28-20-10-8-7-9-18(20)19-16-31-24(25-19)26-23(27)14-12-17-11-13-21(29-5-2)22(15-17)30-6-3/h7-16H,4-6H2,1-3H3,(H,25,26,27). The number of benzene rings is 2. The van der Waals surface area contributed by atoms with Gasteiger partial charge in [0.2, 0.25) is 5.91 Å². The quantitative estimate of drug-likeness (QED) is 0.414. The third-order valence-corrected chi connectivity index (χ3v) is 4.95. The lowest BCUT2D eigenvalue weighted by atomic mass is 10.1. The smallest absolute Gasteiger partial charge is 0.250 e. The van der Waals surface area contributed by atoms with Crippen LogP contribution in [0.2, 0.25) is 0 Å². The van der Waals surface area contributed by atoms with Crippen LogP contribution in [0.15, 0.2) is 53.9 Å². The van der Waals surface area contributed by atoms with Crippen molar-refractivity contribution in [1.82, 2.24) is 4.98 Å². The van der Waals surface area contributed by atoms with Gasteiger partial charge in [0.25, 0.3) is 0 Å². The number of thiazole rings is 1. The third-order valence-electron chi connectivity index (χ3n) is 4.19. The minimum absolute atomic E-state index is 0.258. The monoisotopic (exact) mass is 438 g/mol. The fourth-order valence-corrected chi connectivity index (χ4v) is 3.62. The Morgan fingerprint density at radius 1 is 0.968 bits per heavy atom. The Kier molecular flexibility index (Phi) is 8.06. The first kappa shape index (κ1) is 22.4. The summed E-state index contributed by atoms with van der Waals surface area (Å²) in [5.41, 5.74) is 2.50. The molecule has 0 spiro atoms. The lowest BCUT2D eigenvalue weighted by Gasteiger charge is -2.11. The van der Waals surface area contributed by atoms with Gasteiger partial charge in [-0.05, 0) is 56.7 Å². The minimum Gasteiger partial charge on any atom is -0.493 e. The first-order valence-electron chi connectivity index (χ1n) is 10.2. The molecular weight excluding hydrogens is 412 g/mol. The SMILES string of the molecule is CCOc1ccc(C=CC(=O)Nc2nc(-c3ccccc3OCC)cs2)cc1OCC. The van der Waals surface area contributed by atoms with Crippen molar-refractivity contribution in [3.8, 4) is 28.5 Å². The first-order chi connectivity index (χ1) is 15.1. The van der Waals surface area contributed by atoms with Crippen molar-refractivity contribution in [3.63, 3.8) is 0 Å². The number of hydrogen-bond donors (Lipinski definition) is 1. The van der Waals surface area contributed by atoms with Gasteiger partial charge in [0.15, 0.2) is 16.6 Å². The van der Waals surface area contributed by atoms with Gasteiger partial charge in [-0.25, -0.2) is 4.98 Å². The zero-order chi connectivity index (χ0) is 22.1. The van der Waals surface area contributed by atoms with Crippen molar-refractivity contribution >= 4 is 28.5 Å². The average Bonchev–Trinajstić information content (AvgIpc) is 3.23. The van der Waals surface area contributed by atoms with Crippen molar-refractivity contribution in [2.75, 3.05) is 25.1 Å². The highest BCUT2D eigenvalue weighted by atomic mass is 32.1.